The first kappa shape index (κ1) is 14.0. The van der Waals surface area contributed by atoms with Crippen molar-refractivity contribution < 1.29 is 9.72 Å². The average Bonchev–Trinajstić information content (AvgIpc) is 2.43. The topological polar surface area (TPSA) is 85.1 Å². The highest BCUT2D eigenvalue weighted by molar-refractivity contribution is 6.31. The molecule has 1 amide bonds. The van der Waals surface area contributed by atoms with Gasteiger partial charge in [-0.3, -0.25) is 14.9 Å². The third kappa shape index (κ3) is 3.10. The molecule has 1 N–H and O–H groups in total. The normalized spacial score (nSPS) is 10.1. The summed E-state index contributed by atoms with van der Waals surface area (Å²) in [4.78, 5) is 26.2. The summed E-state index contributed by atoms with van der Waals surface area (Å²) >= 11 is 5.84. The number of aromatic nitrogens is 1. The predicted octanol–water partition coefficient (Wildman–Crippen LogP) is 3.20. The molecule has 6 nitrogen and oxygen atoms in total. The van der Waals surface area contributed by atoms with Gasteiger partial charge < -0.3 is 5.32 Å². The standard InChI is InChI=1S/C13H10ClN3O3/c1-8-11(14)5-6-12(15-8)16-13(18)9-3-2-4-10(7-9)17(19)20/h2-7H,1H3,(H,15,16,18). The van der Waals surface area contributed by atoms with E-state index < -0.39 is 10.8 Å². The van der Waals surface area contributed by atoms with E-state index in [1.165, 1.54) is 24.3 Å². The molecule has 1 aromatic heterocycles. The van der Waals surface area contributed by atoms with Gasteiger partial charge in [-0.25, -0.2) is 4.98 Å². The highest BCUT2D eigenvalue weighted by Gasteiger charge is 2.12. The number of rotatable bonds is 3. The predicted molar refractivity (Wildman–Crippen MR) is 75.0 cm³/mol. The Balaban J connectivity index is 2.21. The van der Waals surface area contributed by atoms with Crippen molar-refractivity contribution >= 4 is 29.0 Å². The lowest BCUT2D eigenvalue weighted by molar-refractivity contribution is -0.384. The van der Waals surface area contributed by atoms with Crippen LogP contribution < -0.4 is 5.32 Å². The second-order valence-electron chi connectivity index (χ2n) is 4.03. The third-order valence-corrected chi connectivity index (χ3v) is 2.98. The first-order valence-corrected chi connectivity index (χ1v) is 6.04. The first-order valence-electron chi connectivity index (χ1n) is 5.66. The number of amides is 1. The molecule has 0 unspecified atom stereocenters. The lowest BCUT2D eigenvalue weighted by Gasteiger charge is -2.06. The lowest BCUT2D eigenvalue weighted by atomic mass is 10.2. The number of nitrogens with zero attached hydrogens (tertiary/aromatic N) is 2. The van der Waals surface area contributed by atoms with Crippen molar-refractivity contribution in [2.45, 2.75) is 6.92 Å². The van der Waals surface area contributed by atoms with E-state index in [4.69, 9.17) is 11.6 Å². The Bertz CT molecular complexity index is 688. The molecule has 7 heteroatoms. The van der Waals surface area contributed by atoms with E-state index in [0.29, 0.717) is 16.5 Å². The number of carbonyl (C=O) groups is 1. The van der Waals surface area contributed by atoms with E-state index in [1.54, 1.807) is 19.1 Å². The molecule has 0 fully saturated rings. The Hall–Kier alpha value is -2.47. The van der Waals surface area contributed by atoms with Gasteiger partial charge in [0.25, 0.3) is 11.6 Å². The number of hydrogen-bond donors (Lipinski definition) is 1. The number of anilines is 1. The molecular weight excluding hydrogens is 282 g/mol. The van der Waals surface area contributed by atoms with Crippen LogP contribution >= 0.6 is 11.6 Å². The number of hydrogen-bond acceptors (Lipinski definition) is 4. The van der Waals surface area contributed by atoms with Crippen molar-refractivity contribution in [2.24, 2.45) is 0 Å². The molecule has 2 rings (SSSR count). The highest BCUT2D eigenvalue weighted by Crippen LogP contribution is 2.17. The maximum Gasteiger partial charge on any atom is 0.270 e. The average molecular weight is 292 g/mol. The maximum atomic E-state index is 12.0. The molecule has 0 aliphatic carbocycles. The minimum atomic E-state index is -0.554. The SMILES string of the molecule is Cc1nc(NC(=O)c2cccc([N+](=O)[O-])c2)ccc1Cl. The fraction of sp³-hybridized carbons (Fsp3) is 0.0769. The number of nitro benzene ring substituents is 1. The Morgan fingerprint density at radius 1 is 1.35 bits per heavy atom. The van der Waals surface area contributed by atoms with E-state index in [9.17, 15) is 14.9 Å². The van der Waals surface area contributed by atoms with Crippen molar-refractivity contribution in [1.82, 2.24) is 4.98 Å². The van der Waals surface area contributed by atoms with Crippen molar-refractivity contribution in [1.29, 1.82) is 0 Å². The van der Waals surface area contributed by atoms with Crippen LogP contribution in [0.1, 0.15) is 16.1 Å². The molecule has 1 heterocycles. The summed E-state index contributed by atoms with van der Waals surface area (Å²) < 4.78 is 0. The fourth-order valence-electron chi connectivity index (χ4n) is 1.56. The van der Waals surface area contributed by atoms with Crippen LogP contribution in [0.3, 0.4) is 0 Å². The molecule has 0 spiro atoms. The summed E-state index contributed by atoms with van der Waals surface area (Å²) in [5, 5.41) is 13.7. The van der Waals surface area contributed by atoms with Gasteiger partial charge >= 0.3 is 0 Å². The van der Waals surface area contributed by atoms with Crippen molar-refractivity contribution in [2.75, 3.05) is 5.32 Å². The van der Waals surface area contributed by atoms with Crippen LogP contribution in [-0.2, 0) is 0 Å². The van der Waals surface area contributed by atoms with E-state index in [-0.39, 0.29) is 11.3 Å². The van der Waals surface area contributed by atoms with Crippen molar-refractivity contribution in [3.05, 3.63) is 62.8 Å². The Morgan fingerprint density at radius 3 is 2.75 bits per heavy atom. The number of halogens is 1. The number of pyridine rings is 1. The van der Waals surface area contributed by atoms with E-state index in [2.05, 4.69) is 10.3 Å². The zero-order valence-corrected chi connectivity index (χ0v) is 11.2. The molecular formula is C13H10ClN3O3. The number of non-ortho nitro benzene ring substituents is 1. The molecule has 0 aliphatic rings. The van der Waals surface area contributed by atoms with Crippen molar-refractivity contribution in [3.8, 4) is 0 Å². The maximum absolute atomic E-state index is 12.0. The summed E-state index contributed by atoms with van der Waals surface area (Å²) in [6.45, 7) is 1.71. The summed E-state index contributed by atoms with van der Waals surface area (Å²) in [6.07, 6.45) is 0. The van der Waals surface area contributed by atoms with Crippen LogP contribution in [0.25, 0.3) is 0 Å². The monoisotopic (exact) mass is 291 g/mol. The molecule has 20 heavy (non-hydrogen) atoms. The molecule has 102 valence electrons. The van der Waals surface area contributed by atoms with Gasteiger partial charge in [0, 0.05) is 17.7 Å². The van der Waals surface area contributed by atoms with Crippen LogP contribution in [0.5, 0.6) is 0 Å². The van der Waals surface area contributed by atoms with Crippen LogP contribution in [0.2, 0.25) is 5.02 Å². The Morgan fingerprint density at radius 2 is 2.10 bits per heavy atom. The third-order valence-electron chi connectivity index (χ3n) is 2.58. The van der Waals surface area contributed by atoms with Crippen LogP contribution in [0.15, 0.2) is 36.4 Å². The summed E-state index contributed by atoms with van der Waals surface area (Å²) in [7, 11) is 0. The summed E-state index contributed by atoms with van der Waals surface area (Å²) in [6, 6.07) is 8.65. The van der Waals surface area contributed by atoms with Crippen molar-refractivity contribution in [3.63, 3.8) is 0 Å². The number of nitro groups is 1. The molecule has 1 aromatic carbocycles. The molecule has 0 radical (unpaired) electrons. The Kier molecular flexibility index (Phi) is 3.95. The molecule has 0 bridgehead atoms. The van der Waals surface area contributed by atoms with Crippen LogP contribution in [0.4, 0.5) is 11.5 Å². The van der Waals surface area contributed by atoms with E-state index in [1.807, 2.05) is 0 Å². The quantitative estimate of drug-likeness (QED) is 0.695. The highest BCUT2D eigenvalue weighted by atomic mass is 35.5. The van der Waals surface area contributed by atoms with Gasteiger partial charge in [-0.15, -0.1) is 0 Å². The molecule has 0 saturated carbocycles. The molecule has 0 saturated heterocycles. The van der Waals surface area contributed by atoms with Gasteiger partial charge in [0.05, 0.1) is 15.6 Å². The number of carbonyl (C=O) groups excluding carboxylic acids is 1. The Labute approximate surface area is 119 Å². The van der Waals surface area contributed by atoms with Gasteiger partial charge in [-0.1, -0.05) is 17.7 Å². The van der Waals surface area contributed by atoms with Crippen LogP contribution in [0, 0.1) is 17.0 Å². The molecule has 0 aliphatic heterocycles. The minimum Gasteiger partial charge on any atom is -0.307 e. The minimum absolute atomic E-state index is 0.141. The second-order valence-corrected chi connectivity index (χ2v) is 4.43. The smallest absolute Gasteiger partial charge is 0.270 e. The fourth-order valence-corrected chi connectivity index (χ4v) is 1.67. The number of nitrogens with one attached hydrogen (secondary N) is 1. The molecule has 2 aromatic rings. The first-order chi connectivity index (χ1) is 9.47. The van der Waals surface area contributed by atoms with Gasteiger partial charge in [0.2, 0.25) is 0 Å². The number of aryl methyl sites for hydroxylation is 1. The lowest BCUT2D eigenvalue weighted by Crippen LogP contribution is -2.13. The van der Waals surface area contributed by atoms with Gasteiger partial charge in [0.15, 0.2) is 0 Å². The van der Waals surface area contributed by atoms with Crippen LogP contribution in [-0.4, -0.2) is 15.8 Å². The second kappa shape index (κ2) is 5.66. The zero-order valence-electron chi connectivity index (χ0n) is 10.5. The largest absolute Gasteiger partial charge is 0.307 e. The van der Waals surface area contributed by atoms with Gasteiger partial charge in [-0.2, -0.15) is 0 Å². The summed E-state index contributed by atoms with van der Waals surface area (Å²) in [5.41, 5.74) is 0.634. The van der Waals surface area contributed by atoms with Gasteiger partial charge in [-0.05, 0) is 25.1 Å². The zero-order chi connectivity index (χ0) is 14.7. The van der Waals surface area contributed by atoms with E-state index >= 15 is 0 Å². The van der Waals surface area contributed by atoms with Gasteiger partial charge in [0.1, 0.15) is 5.82 Å². The number of benzene rings is 1. The van der Waals surface area contributed by atoms with E-state index in [0.717, 1.165) is 0 Å². The summed E-state index contributed by atoms with van der Waals surface area (Å²) in [5.74, 6) is -0.133. The molecule has 0 atom stereocenters.